The van der Waals surface area contributed by atoms with Crippen LogP contribution in [0.2, 0.25) is 5.02 Å². The number of nitrogens with zero attached hydrogens (tertiary/aromatic N) is 3. The van der Waals surface area contributed by atoms with Crippen molar-refractivity contribution in [2.75, 3.05) is 12.5 Å². The van der Waals surface area contributed by atoms with E-state index < -0.39 is 17.3 Å². The number of methoxy groups -OCH3 is 1. The summed E-state index contributed by atoms with van der Waals surface area (Å²) in [6.07, 6.45) is 0.201. The zero-order valence-corrected chi connectivity index (χ0v) is 19.7. The molecule has 8 nitrogen and oxygen atoms in total. The van der Waals surface area contributed by atoms with Gasteiger partial charge in [-0.3, -0.25) is 20.1 Å². The van der Waals surface area contributed by atoms with Gasteiger partial charge >= 0.3 is 0 Å². The van der Waals surface area contributed by atoms with Crippen molar-refractivity contribution in [1.82, 2.24) is 19.9 Å². The maximum atomic E-state index is 13.5. The highest BCUT2D eigenvalue weighted by atomic mass is 35.5. The van der Waals surface area contributed by atoms with Crippen LogP contribution < -0.4 is 15.7 Å². The maximum Gasteiger partial charge on any atom is 0.298 e. The number of nitrogens with one attached hydrogen (secondary N) is 2. The fourth-order valence-corrected chi connectivity index (χ4v) is 4.00. The van der Waals surface area contributed by atoms with Crippen molar-refractivity contribution in [3.63, 3.8) is 0 Å². The highest BCUT2D eigenvalue weighted by Gasteiger charge is 2.20. The van der Waals surface area contributed by atoms with Gasteiger partial charge in [0.2, 0.25) is 0 Å². The lowest BCUT2D eigenvalue weighted by molar-refractivity contribution is 0.101. The number of carbonyl (C=O) groups excluding carboxylic acids is 1. The molecule has 3 aromatic carbocycles. The molecule has 180 valence electrons. The average molecular weight is 504 g/mol. The first kappa shape index (κ1) is 23.3. The van der Waals surface area contributed by atoms with Gasteiger partial charge in [0.15, 0.2) is 5.52 Å². The standard InChI is InChI=1S/C26H19ClFN5O3/c1-36-20-7-2-4-15(12-20)13-21-29-23-22(16-8-10-19(28)11-9-16)30-31-24(23)26(35)33(21)32-25(34)17-5-3-6-18(27)14-17/h2-12,14H,13H2,1H3,(H,30,31)(H,32,34). The van der Waals surface area contributed by atoms with Gasteiger partial charge in [-0.2, -0.15) is 5.10 Å². The second-order valence-electron chi connectivity index (χ2n) is 7.95. The molecule has 0 fully saturated rings. The van der Waals surface area contributed by atoms with Crippen molar-refractivity contribution in [3.8, 4) is 17.0 Å². The second-order valence-corrected chi connectivity index (χ2v) is 8.39. The van der Waals surface area contributed by atoms with Crippen molar-refractivity contribution in [1.29, 1.82) is 0 Å². The Kier molecular flexibility index (Phi) is 6.22. The quantitative estimate of drug-likeness (QED) is 0.353. The third-order valence-corrected chi connectivity index (χ3v) is 5.81. The fourth-order valence-electron chi connectivity index (χ4n) is 3.81. The van der Waals surface area contributed by atoms with Gasteiger partial charge in [0.1, 0.15) is 28.6 Å². The first-order chi connectivity index (χ1) is 17.4. The molecule has 2 heterocycles. The van der Waals surface area contributed by atoms with E-state index in [-0.39, 0.29) is 23.3 Å². The highest BCUT2D eigenvalue weighted by Crippen LogP contribution is 2.24. The van der Waals surface area contributed by atoms with Crippen LogP contribution in [0.5, 0.6) is 5.75 Å². The number of hydrogen-bond donors (Lipinski definition) is 2. The minimum atomic E-state index is -0.547. The van der Waals surface area contributed by atoms with E-state index in [0.717, 1.165) is 10.2 Å². The molecular formula is C26H19ClFN5O3. The molecular weight excluding hydrogens is 485 g/mol. The molecule has 0 bridgehead atoms. The molecule has 1 amide bonds. The van der Waals surface area contributed by atoms with E-state index in [1.807, 2.05) is 18.2 Å². The van der Waals surface area contributed by atoms with Crippen molar-refractivity contribution >= 4 is 28.5 Å². The molecule has 0 saturated carbocycles. The lowest BCUT2D eigenvalue weighted by Crippen LogP contribution is -2.36. The summed E-state index contributed by atoms with van der Waals surface area (Å²) in [7, 11) is 1.56. The number of halogens is 2. The maximum absolute atomic E-state index is 13.5. The van der Waals surface area contributed by atoms with Crippen LogP contribution >= 0.6 is 11.6 Å². The normalized spacial score (nSPS) is 11.0. The number of amides is 1. The number of hydrogen-bond acceptors (Lipinski definition) is 5. The Balaban J connectivity index is 1.65. The molecule has 5 aromatic rings. The summed E-state index contributed by atoms with van der Waals surface area (Å²) in [5, 5.41) is 7.34. The molecule has 0 aliphatic rings. The smallest absolute Gasteiger partial charge is 0.298 e. The van der Waals surface area contributed by atoms with Gasteiger partial charge in [0, 0.05) is 22.6 Å². The highest BCUT2D eigenvalue weighted by molar-refractivity contribution is 6.31. The number of carbonyl (C=O) groups is 1. The van der Waals surface area contributed by atoms with E-state index in [1.165, 1.54) is 18.2 Å². The van der Waals surface area contributed by atoms with Gasteiger partial charge in [-0.25, -0.2) is 14.1 Å². The zero-order chi connectivity index (χ0) is 25.2. The predicted octanol–water partition coefficient (Wildman–Crippen LogP) is 4.56. The first-order valence-electron chi connectivity index (χ1n) is 10.9. The topological polar surface area (TPSA) is 102 Å². The number of benzene rings is 3. The number of H-pyrrole nitrogens is 1. The molecule has 0 aliphatic heterocycles. The van der Waals surface area contributed by atoms with Crippen molar-refractivity contribution in [2.24, 2.45) is 0 Å². The van der Waals surface area contributed by atoms with E-state index >= 15 is 0 Å². The Labute approximate surface area is 209 Å². The van der Waals surface area contributed by atoms with Gasteiger partial charge in [-0.15, -0.1) is 0 Å². The molecule has 2 aromatic heterocycles. The van der Waals surface area contributed by atoms with Crippen LogP contribution in [0.15, 0.2) is 77.6 Å². The summed E-state index contributed by atoms with van der Waals surface area (Å²) in [4.78, 5) is 31.2. The van der Waals surface area contributed by atoms with Crippen LogP contribution in [0, 0.1) is 5.82 Å². The number of aromatic nitrogens is 4. The SMILES string of the molecule is COc1cccc(Cc2nc3c(-c4ccc(F)cc4)n[nH]c3c(=O)n2NC(=O)c2cccc(Cl)c2)c1. The van der Waals surface area contributed by atoms with Gasteiger partial charge in [0.25, 0.3) is 11.5 Å². The van der Waals surface area contributed by atoms with Gasteiger partial charge in [-0.1, -0.05) is 29.8 Å². The Morgan fingerprint density at radius 1 is 1.11 bits per heavy atom. The Morgan fingerprint density at radius 2 is 1.89 bits per heavy atom. The fraction of sp³-hybridized carbons (Fsp3) is 0.0769. The van der Waals surface area contributed by atoms with Crippen LogP contribution in [-0.4, -0.2) is 32.9 Å². The number of aromatic amines is 1. The Hall–Kier alpha value is -4.50. The zero-order valence-electron chi connectivity index (χ0n) is 19.0. The number of rotatable bonds is 6. The third kappa shape index (κ3) is 4.56. The summed E-state index contributed by atoms with van der Waals surface area (Å²) in [5.74, 6) is -0.0242. The van der Waals surface area contributed by atoms with Gasteiger partial charge in [-0.05, 0) is 60.2 Å². The Bertz CT molecular complexity index is 1650. The van der Waals surface area contributed by atoms with Crippen molar-refractivity contribution < 1.29 is 13.9 Å². The molecule has 0 radical (unpaired) electrons. The second kappa shape index (κ2) is 9.63. The van der Waals surface area contributed by atoms with Crippen molar-refractivity contribution in [3.05, 3.63) is 111 Å². The summed E-state index contributed by atoms with van der Waals surface area (Å²) in [5.41, 5.74) is 4.54. The van der Waals surface area contributed by atoms with Crippen LogP contribution in [0.4, 0.5) is 4.39 Å². The molecule has 0 saturated heterocycles. The molecule has 0 aliphatic carbocycles. The molecule has 36 heavy (non-hydrogen) atoms. The van der Waals surface area contributed by atoms with E-state index in [4.69, 9.17) is 21.3 Å². The average Bonchev–Trinajstić information content (AvgIpc) is 3.31. The van der Waals surface area contributed by atoms with Crippen LogP contribution in [0.25, 0.3) is 22.3 Å². The summed E-state index contributed by atoms with van der Waals surface area (Å²) < 4.78 is 19.9. The van der Waals surface area contributed by atoms with Crippen LogP contribution in [0.3, 0.4) is 0 Å². The molecule has 2 N–H and O–H groups in total. The lowest BCUT2D eigenvalue weighted by Gasteiger charge is -2.14. The molecule has 10 heteroatoms. The predicted molar refractivity (Wildman–Crippen MR) is 134 cm³/mol. The van der Waals surface area contributed by atoms with E-state index in [9.17, 15) is 14.0 Å². The van der Waals surface area contributed by atoms with Gasteiger partial charge < -0.3 is 4.74 Å². The number of fused-ring (bicyclic) bond motifs is 1. The van der Waals surface area contributed by atoms with E-state index in [2.05, 4.69) is 15.6 Å². The minimum Gasteiger partial charge on any atom is -0.497 e. The van der Waals surface area contributed by atoms with E-state index in [0.29, 0.717) is 27.5 Å². The third-order valence-electron chi connectivity index (χ3n) is 5.57. The number of ether oxygens (including phenoxy) is 1. The van der Waals surface area contributed by atoms with Crippen LogP contribution in [-0.2, 0) is 6.42 Å². The first-order valence-corrected chi connectivity index (χ1v) is 11.3. The van der Waals surface area contributed by atoms with E-state index in [1.54, 1.807) is 43.5 Å². The molecule has 0 atom stereocenters. The largest absolute Gasteiger partial charge is 0.497 e. The summed E-state index contributed by atoms with van der Waals surface area (Å²) >= 11 is 6.03. The molecule has 0 unspecified atom stereocenters. The van der Waals surface area contributed by atoms with Crippen molar-refractivity contribution in [2.45, 2.75) is 6.42 Å². The lowest BCUT2D eigenvalue weighted by atomic mass is 10.1. The van der Waals surface area contributed by atoms with Gasteiger partial charge in [0.05, 0.1) is 7.11 Å². The molecule has 5 rings (SSSR count). The summed E-state index contributed by atoms with van der Waals surface area (Å²) in [6.45, 7) is 0. The summed E-state index contributed by atoms with van der Waals surface area (Å²) in [6, 6.07) is 19.4. The minimum absolute atomic E-state index is 0.0927. The monoisotopic (exact) mass is 503 g/mol. The molecule has 0 spiro atoms. The van der Waals surface area contributed by atoms with Crippen LogP contribution in [0.1, 0.15) is 21.7 Å². The Morgan fingerprint density at radius 3 is 2.64 bits per heavy atom.